The van der Waals surface area contributed by atoms with Crippen LogP contribution in [0.1, 0.15) is 6.92 Å². The fraction of sp³-hybridized carbons (Fsp3) is 1.00. The number of ether oxygens (including phenoxy) is 1. The van der Waals surface area contributed by atoms with Crippen molar-refractivity contribution < 1.29 is 20.1 Å². The number of hydrogen-bond donors (Lipinski definition) is 4. The van der Waals surface area contributed by atoms with E-state index in [9.17, 15) is 10.2 Å². The zero-order valence-electron chi connectivity index (χ0n) is 6.92. The van der Waals surface area contributed by atoms with Crippen LogP contribution in [0.2, 0.25) is 0 Å². The zero-order chi connectivity index (χ0) is 9.30. The van der Waals surface area contributed by atoms with Crippen molar-refractivity contribution in [3.8, 4) is 0 Å². The van der Waals surface area contributed by atoms with Gasteiger partial charge < -0.3 is 25.8 Å². The summed E-state index contributed by atoms with van der Waals surface area (Å²) >= 11 is 0. The van der Waals surface area contributed by atoms with Gasteiger partial charge in [0.1, 0.15) is 12.2 Å². The van der Waals surface area contributed by atoms with E-state index in [4.69, 9.17) is 15.6 Å². The van der Waals surface area contributed by atoms with E-state index in [1.807, 2.05) is 0 Å². The van der Waals surface area contributed by atoms with Crippen molar-refractivity contribution in [3.05, 3.63) is 0 Å². The van der Waals surface area contributed by atoms with Gasteiger partial charge in [-0.2, -0.15) is 0 Å². The number of aliphatic hydroxyl groups is 3. The van der Waals surface area contributed by atoms with Gasteiger partial charge in [-0.25, -0.2) is 0 Å². The summed E-state index contributed by atoms with van der Waals surface area (Å²) in [7, 11) is 0. The van der Waals surface area contributed by atoms with E-state index in [2.05, 4.69) is 0 Å². The van der Waals surface area contributed by atoms with Crippen LogP contribution in [-0.4, -0.2) is 52.4 Å². The summed E-state index contributed by atoms with van der Waals surface area (Å²) in [5, 5.41) is 27.8. The van der Waals surface area contributed by atoms with Gasteiger partial charge in [0.25, 0.3) is 0 Å². The van der Waals surface area contributed by atoms with Gasteiger partial charge in [-0.15, -0.1) is 0 Å². The molecule has 5 nitrogen and oxygen atoms in total. The van der Waals surface area contributed by atoms with Crippen LogP contribution in [0.5, 0.6) is 0 Å². The van der Waals surface area contributed by atoms with Crippen LogP contribution in [-0.2, 0) is 4.74 Å². The van der Waals surface area contributed by atoms with Gasteiger partial charge in [0.05, 0.1) is 24.9 Å². The Morgan fingerprint density at radius 2 is 2.00 bits per heavy atom. The third-order valence-corrected chi connectivity index (χ3v) is 2.08. The van der Waals surface area contributed by atoms with Crippen molar-refractivity contribution in [2.45, 2.75) is 37.4 Å². The highest BCUT2D eigenvalue weighted by molar-refractivity contribution is 4.90. The summed E-state index contributed by atoms with van der Waals surface area (Å²) in [6, 6.07) is -0.574. The lowest BCUT2D eigenvalue weighted by molar-refractivity contribution is -0.173. The van der Waals surface area contributed by atoms with Gasteiger partial charge in [-0.05, 0) is 6.92 Å². The first-order valence-electron chi connectivity index (χ1n) is 3.95. The second-order valence-corrected chi connectivity index (χ2v) is 3.18. The molecule has 0 spiro atoms. The van der Waals surface area contributed by atoms with Crippen molar-refractivity contribution >= 4 is 0 Å². The first kappa shape index (κ1) is 9.88. The standard InChI is InChI=1S/C7H15NO4/c1-3(9)7-6(11)5(10)4(8)2-12-7/h3-7,9-11H,2,8H2,1H3/t3-,4-,5+,6-,7+/m0/s1. The highest BCUT2D eigenvalue weighted by atomic mass is 16.5. The predicted octanol–water partition coefficient (Wildman–Crippen LogP) is -2.18. The molecule has 12 heavy (non-hydrogen) atoms. The number of hydrogen-bond acceptors (Lipinski definition) is 5. The normalized spacial score (nSPS) is 45.8. The van der Waals surface area contributed by atoms with E-state index in [1.165, 1.54) is 6.92 Å². The molecule has 5 atom stereocenters. The number of nitrogens with two attached hydrogens (primary N) is 1. The fourth-order valence-corrected chi connectivity index (χ4v) is 1.29. The van der Waals surface area contributed by atoms with E-state index >= 15 is 0 Å². The van der Waals surface area contributed by atoms with Crippen molar-refractivity contribution in [3.63, 3.8) is 0 Å². The van der Waals surface area contributed by atoms with Gasteiger partial charge in [-0.3, -0.25) is 0 Å². The van der Waals surface area contributed by atoms with E-state index < -0.39 is 30.5 Å². The highest BCUT2D eigenvalue weighted by Crippen LogP contribution is 2.16. The molecule has 0 saturated carbocycles. The molecule has 0 amide bonds. The lowest BCUT2D eigenvalue weighted by Gasteiger charge is -2.37. The maximum Gasteiger partial charge on any atom is 0.112 e. The minimum absolute atomic E-state index is 0.161. The first-order chi connectivity index (χ1) is 5.54. The van der Waals surface area contributed by atoms with Crippen LogP contribution in [0.25, 0.3) is 0 Å². The van der Waals surface area contributed by atoms with Crippen LogP contribution in [0.3, 0.4) is 0 Å². The molecule has 5 N–H and O–H groups in total. The summed E-state index contributed by atoms with van der Waals surface area (Å²) in [4.78, 5) is 0. The molecular weight excluding hydrogens is 162 g/mol. The Morgan fingerprint density at radius 3 is 2.50 bits per heavy atom. The zero-order valence-corrected chi connectivity index (χ0v) is 6.92. The summed E-state index contributed by atoms with van der Waals surface area (Å²) < 4.78 is 5.05. The van der Waals surface area contributed by atoms with Gasteiger partial charge >= 0.3 is 0 Å². The molecule has 1 saturated heterocycles. The van der Waals surface area contributed by atoms with Crippen LogP contribution >= 0.6 is 0 Å². The molecular formula is C7H15NO4. The summed E-state index contributed by atoms with van der Waals surface area (Å²) in [5.41, 5.74) is 5.41. The quantitative estimate of drug-likeness (QED) is 0.365. The Kier molecular flexibility index (Phi) is 3.03. The maximum atomic E-state index is 9.36. The molecule has 1 rings (SSSR count). The molecule has 0 aromatic heterocycles. The second-order valence-electron chi connectivity index (χ2n) is 3.18. The Bertz CT molecular complexity index is 152. The van der Waals surface area contributed by atoms with Crippen LogP contribution < -0.4 is 5.73 Å². The lowest BCUT2D eigenvalue weighted by Crippen LogP contribution is -2.59. The summed E-state index contributed by atoms with van der Waals surface area (Å²) in [6.07, 6.45) is -3.66. The smallest absolute Gasteiger partial charge is 0.112 e. The van der Waals surface area contributed by atoms with Crippen LogP contribution in [0.15, 0.2) is 0 Å². The average Bonchev–Trinajstić information content (AvgIpc) is 2.00. The molecule has 0 unspecified atom stereocenters. The molecule has 72 valence electrons. The number of rotatable bonds is 1. The van der Waals surface area contributed by atoms with Gasteiger partial charge in [-0.1, -0.05) is 0 Å². The van der Waals surface area contributed by atoms with Gasteiger partial charge in [0.2, 0.25) is 0 Å². The van der Waals surface area contributed by atoms with Gasteiger partial charge in [0.15, 0.2) is 0 Å². The Labute approximate surface area is 70.8 Å². The molecule has 1 aliphatic heterocycles. The predicted molar refractivity (Wildman–Crippen MR) is 41.4 cm³/mol. The average molecular weight is 177 g/mol. The molecule has 0 radical (unpaired) electrons. The Morgan fingerprint density at radius 1 is 1.42 bits per heavy atom. The van der Waals surface area contributed by atoms with Crippen molar-refractivity contribution in [2.24, 2.45) is 5.73 Å². The molecule has 0 aromatic rings. The van der Waals surface area contributed by atoms with E-state index in [0.29, 0.717) is 0 Å². The minimum atomic E-state index is -1.10. The second kappa shape index (κ2) is 3.68. The van der Waals surface area contributed by atoms with E-state index in [-0.39, 0.29) is 6.61 Å². The molecule has 1 fully saturated rings. The summed E-state index contributed by atoms with van der Waals surface area (Å²) in [6.45, 7) is 1.66. The largest absolute Gasteiger partial charge is 0.391 e. The third kappa shape index (κ3) is 1.75. The molecule has 5 heteroatoms. The van der Waals surface area contributed by atoms with E-state index in [1.54, 1.807) is 0 Å². The molecule has 0 aliphatic carbocycles. The van der Waals surface area contributed by atoms with Crippen LogP contribution in [0, 0.1) is 0 Å². The van der Waals surface area contributed by atoms with E-state index in [0.717, 1.165) is 0 Å². The molecule has 0 bridgehead atoms. The van der Waals surface area contributed by atoms with Crippen molar-refractivity contribution in [1.29, 1.82) is 0 Å². The minimum Gasteiger partial charge on any atom is -0.391 e. The third-order valence-electron chi connectivity index (χ3n) is 2.08. The van der Waals surface area contributed by atoms with Gasteiger partial charge in [0, 0.05) is 0 Å². The molecule has 1 aliphatic rings. The fourth-order valence-electron chi connectivity index (χ4n) is 1.29. The topological polar surface area (TPSA) is 95.9 Å². The Hall–Kier alpha value is -0.200. The van der Waals surface area contributed by atoms with Crippen molar-refractivity contribution in [2.75, 3.05) is 6.61 Å². The molecule has 1 heterocycles. The SMILES string of the molecule is C[C@H](O)[C@H]1OC[C@H](N)[C@@H](O)[C@@H]1O. The number of aliphatic hydroxyl groups excluding tert-OH is 3. The maximum absolute atomic E-state index is 9.36. The van der Waals surface area contributed by atoms with Crippen LogP contribution in [0.4, 0.5) is 0 Å². The lowest BCUT2D eigenvalue weighted by atomic mass is 9.96. The highest BCUT2D eigenvalue weighted by Gasteiger charge is 2.38. The molecule has 0 aromatic carbocycles. The first-order valence-corrected chi connectivity index (χ1v) is 3.95. The monoisotopic (exact) mass is 177 g/mol. The van der Waals surface area contributed by atoms with Crippen molar-refractivity contribution in [1.82, 2.24) is 0 Å². The summed E-state index contributed by atoms with van der Waals surface area (Å²) in [5.74, 6) is 0. The Balaban J connectivity index is 2.58.